The Hall–Kier alpha value is -2.90. The summed E-state index contributed by atoms with van der Waals surface area (Å²) in [6, 6.07) is 9.63. The quantitative estimate of drug-likeness (QED) is 0.833. The van der Waals surface area contributed by atoms with Crippen LogP contribution in [-0.2, 0) is 0 Å². The smallest absolute Gasteiger partial charge is 0.493 e. The normalized spacial score (nSPS) is 12.2. The van der Waals surface area contributed by atoms with Crippen LogP contribution in [-0.4, -0.2) is 26.5 Å². The molecule has 0 aliphatic carbocycles. The van der Waals surface area contributed by atoms with E-state index in [1.807, 2.05) is 0 Å². The average molecular weight is 369 g/mol. The molecule has 1 unspecified atom stereocenters. The molecule has 1 atom stereocenters. The monoisotopic (exact) mass is 369 g/mol. The molecule has 0 aromatic heterocycles. The number of nitrogens with one attached hydrogen (secondary N) is 1. The highest BCUT2D eigenvalue weighted by molar-refractivity contribution is 5.95. The first-order chi connectivity index (χ1) is 12.2. The Morgan fingerprint density at radius 3 is 2.15 bits per heavy atom. The molecule has 0 spiro atoms. The third-order valence-electron chi connectivity index (χ3n) is 3.61. The number of carbonyl (C=O) groups is 1. The molecule has 0 radical (unpaired) electrons. The Bertz CT molecular complexity index is 760. The first-order valence-corrected chi connectivity index (χ1v) is 7.62. The van der Waals surface area contributed by atoms with Crippen molar-refractivity contribution in [3.8, 4) is 17.2 Å². The highest BCUT2D eigenvalue weighted by Crippen LogP contribution is 2.28. The number of rotatable bonds is 6. The molecule has 0 fully saturated rings. The van der Waals surface area contributed by atoms with E-state index in [1.165, 1.54) is 38.5 Å². The van der Waals surface area contributed by atoms with Gasteiger partial charge in [-0.1, -0.05) is 12.1 Å². The number of hydrogen-bond acceptors (Lipinski definition) is 4. The van der Waals surface area contributed by atoms with E-state index in [4.69, 9.17) is 9.47 Å². The lowest BCUT2D eigenvalue weighted by atomic mass is 10.1. The van der Waals surface area contributed by atoms with E-state index in [1.54, 1.807) is 25.1 Å². The van der Waals surface area contributed by atoms with E-state index in [0.717, 1.165) is 0 Å². The summed E-state index contributed by atoms with van der Waals surface area (Å²) in [6.45, 7) is 1.72. The van der Waals surface area contributed by atoms with Crippen molar-refractivity contribution in [2.24, 2.45) is 0 Å². The highest BCUT2D eigenvalue weighted by atomic mass is 19.4. The van der Waals surface area contributed by atoms with Crippen molar-refractivity contribution >= 4 is 5.91 Å². The SMILES string of the molecule is COc1ccc(C(=O)NC(C)c2ccc(OC(F)(F)F)cc2)cc1OC. The second-order valence-corrected chi connectivity index (χ2v) is 5.38. The zero-order valence-electron chi connectivity index (χ0n) is 14.4. The van der Waals surface area contributed by atoms with Gasteiger partial charge in [0.15, 0.2) is 11.5 Å². The maximum Gasteiger partial charge on any atom is 0.573 e. The maximum atomic E-state index is 12.4. The van der Waals surface area contributed by atoms with Crippen LogP contribution in [0.2, 0.25) is 0 Å². The van der Waals surface area contributed by atoms with Crippen molar-refractivity contribution in [2.45, 2.75) is 19.3 Å². The molecule has 5 nitrogen and oxygen atoms in total. The molecule has 0 aliphatic heterocycles. The number of benzene rings is 2. The van der Waals surface area contributed by atoms with Crippen LogP contribution < -0.4 is 19.5 Å². The van der Waals surface area contributed by atoms with Gasteiger partial charge in [-0.25, -0.2) is 0 Å². The summed E-state index contributed by atoms with van der Waals surface area (Å²) >= 11 is 0. The Morgan fingerprint density at radius 2 is 1.62 bits per heavy atom. The van der Waals surface area contributed by atoms with E-state index in [-0.39, 0.29) is 11.7 Å². The summed E-state index contributed by atoms with van der Waals surface area (Å²) in [4.78, 5) is 12.4. The van der Waals surface area contributed by atoms with E-state index in [0.29, 0.717) is 22.6 Å². The molecular weight excluding hydrogens is 351 g/mol. The minimum absolute atomic E-state index is 0.320. The zero-order valence-corrected chi connectivity index (χ0v) is 14.4. The molecule has 0 heterocycles. The van der Waals surface area contributed by atoms with Crippen LogP contribution in [0, 0.1) is 0 Å². The van der Waals surface area contributed by atoms with Crippen LogP contribution in [0.3, 0.4) is 0 Å². The predicted octanol–water partition coefficient (Wildman–Crippen LogP) is 4.09. The number of hydrogen-bond donors (Lipinski definition) is 1. The highest BCUT2D eigenvalue weighted by Gasteiger charge is 2.31. The standard InChI is InChI=1S/C18H18F3NO4/c1-11(12-4-7-14(8-5-12)26-18(19,20)21)22-17(23)13-6-9-15(24-2)16(10-13)25-3/h4-11H,1-3H3,(H,22,23). The number of ether oxygens (including phenoxy) is 3. The number of carbonyl (C=O) groups excluding carboxylic acids is 1. The van der Waals surface area contributed by atoms with E-state index < -0.39 is 12.4 Å². The molecule has 1 amide bonds. The molecule has 140 valence electrons. The van der Waals surface area contributed by atoms with Crippen LogP contribution >= 0.6 is 0 Å². The van der Waals surface area contributed by atoms with Crippen LogP contribution in [0.1, 0.15) is 28.9 Å². The second kappa shape index (κ2) is 7.99. The summed E-state index contributed by atoms with van der Waals surface area (Å²) in [7, 11) is 2.96. The Balaban J connectivity index is 2.07. The molecule has 0 saturated carbocycles. The van der Waals surface area contributed by atoms with E-state index >= 15 is 0 Å². The van der Waals surface area contributed by atoms with Crippen LogP contribution in [0.15, 0.2) is 42.5 Å². The van der Waals surface area contributed by atoms with Gasteiger partial charge in [-0.05, 0) is 42.8 Å². The fourth-order valence-corrected chi connectivity index (χ4v) is 2.30. The molecular formula is C18H18F3NO4. The minimum Gasteiger partial charge on any atom is -0.493 e. The first-order valence-electron chi connectivity index (χ1n) is 7.62. The van der Waals surface area contributed by atoms with Crippen LogP contribution in [0.25, 0.3) is 0 Å². The molecule has 0 saturated heterocycles. The van der Waals surface area contributed by atoms with Gasteiger partial charge in [0, 0.05) is 5.56 Å². The largest absolute Gasteiger partial charge is 0.573 e. The summed E-state index contributed by atoms with van der Waals surface area (Å²) in [6.07, 6.45) is -4.74. The Labute approximate surface area is 148 Å². The van der Waals surface area contributed by atoms with E-state index in [9.17, 15) is 18.0 Å². The molecule has 1 N–H and O–H groups in total. The molecule has 2 aromatic rings. The van der Waals surface area contributed by atoms with Crippen molar-refractivity contribution < 1.29 is 32.2 Å². The van der Waals surface area contributed by atoms with Gasteiger partial charge in [0.05, 0.1) is 20.3 Å². The zero-order chi connectivity index (χ0) is 19.3. The summed E-state index contributed by atoms with van der Waals surface area (Å²) < 4.78 is 50.6. The summed E-state index contributed by atoms with van der Waals surface area (Å²) in [5.74, 6) is 0.243. The van der Waals surface area contributed by atoms with Gasteiger partial charge < -0.3 is 19.5 Å². The van der Waals surface area contributed by atoms with Gasteiger partial charge in [0.25, 0.3) is 5.91 Å². The van der Waals surface area contributed by atoms with Gasteiger partial charge in [-0.3, -0.25) is 4.79 Å². The number of alkyl halides is 3. The summed E-state index contributed by atoms with van der Waals surface area (Å²) in [5.41, 5.74) is 1.000. The predicted molar refractivity (Wildman–Crippen MR) is 88.6 cm³/mol. The van der Waals surface area contributed by atoms with Gasteiger partial charge >= 0.3 is 6.36 Å². The number of halogens is 3. The fourth-order valence-electron chi connectivity index (χ4n) is 2.30. The molecule has 0 bridgehead atoms. The molecule has 26 heavy (non-hydrogen) atoms. The Morgan fingerprint density at radius 1 is 1.00 bits per heavy atom. The summed E-state index contributed by atoms with van der Waals surface area (Å²) in [5, 5.41) is 2.77. The topological polar surface area (TPSA) is 56.8 Å². The minimum atomic E-state index is -4.74. The van der Waals surface area contributed by atoms with Gasteiger partial charge in [0.2, 0.25) is 0 Å². The lowest BCUT2D eigenvalue weighted by Gasteiger charge is -2.16. The third-order valence-corrected chi connectivity index (χ3v) is 3.61. The fraction of sp³-hybridized carbons (Fsp3) is 0.278. The van der Waals surface area contributed by atoms with Crippen molar-refractivity contribution in [1.29, 1.82) is 0 Å². The molecule has 2 rings (SSSR count). The third kappa shape index (κ3) is 5.05. The van der Waals surface area contributed by atoms with Crippen LogP contribution in [0.4, 0.5) is 13.2 Å². The van der Waals surface area contributed by atoms with Gasteiger partial charge in [-0.15, -0.1) is 13.2 Å². The lowest BCUT2D eigenvalue weighted by molar-refractivity contribution is -0.274. The van der Waals surface area contributed by atoms with Gasteiger partial charge in [-0.2, -0.15) is 0 Å². The first kappa shape index (κ1) is 19.4. The maximum absolute atomic E-state index is 12.4. The van der Waals surface area contributed by atoms with Crippen molar-refractivity contribution in [1.82, 2.24) is 5.32 Å². The van der Waals surface area contributed by atoms with Crippen molar-refractivity contribution in [2.75, 3.05) is 14.2 Å². The van der Waals surface area contributed by atoms with Crippen molar-refractivity contribution in [3.05, 3.63) is 53.6 Å². The molecule has 0 aliphatic rings. The van der Waals surface area contributed by atoms with Gasteiger partial charge in [0.1, 0.15) is 5.75 Å². The number of methoxy groups -OCH3 is 2. The second-order valence-electron chi connectivity index (χ2n) is 5.38. The van der Waals surface area contributed by atoms with Crippen molar-refractivity contribution in [3.63, 3.8) is 0 Å². The van der Waals surface area contributed by atoms with E-state index in [2.05, 4.69) is 10.1 Å². The van der Waals surface area contributed by atoms with Crippen LogP contribution in [0.5, 0.6) is 17.2 Å². The molecule has 8 heteroatoms. The number of amides is 1. The Kier molecular flexibility index (Phi) is 5.97. The average Bonchev–Trinajstić information content (AvgIpc) is 2.60. The molecule has 2 aromatic carbocycles. The lowest BCUT2D eigenvalue weighted by Crippen LogP contribution is -2.26.